The van der Waals surface area contributed by atoms with E-state index in [1.54, 1.807) is 4.52 Å². The molecule has 0 saturated heterocycles. The highest BCUT2D eigenvalue weighted by atomic mass is 32.1. The minimum Gasteiger partial charge on any atom is -0.356 e. The van der Waals surface area contributed by atoms with Crippen LogP contribution in [0.15, 0.2) is 24.4 Å². The molecule has 7 nitrogen and oxygen atoms in total. The zero-order valence-electron chi connectivity index (χ0n) is 14.6. The molecule has 1 atom stereocenters. The van der Waals surface area contributed by atoms with Crippen molar-refractivity contribution >= 4 is 33.8 Å². The van der Waals surface area contributed by atoms with E-state index in [-0.39, 0.29) is 18.2 Å². The first kappa shape index (κ1) is 16.7. The number of nitrogens with one attached hydrogen (secondary N) is 2. The first-order valence-electron chi connectivity index (χ1n) is 8.49. The van der Waals surface area contributed by atoms with Gasteiger partial charge < -0.3 is 10.6 Å². The summed E-state index contributed by atoms with van der Waals surface area (Å²) in [6, 6.07) is 5.81. The number of aryl methyl sites for hydroxylation is 2. The number of nitrogens with zero attached hydrogens (tertiary/aromatic N) is 3. The lowest BCUT2D eigenvalue weighted by atomic mass is 9.95. The van der Waals surface area contributed by atoms with E-state index in [1.807, 2.05) is 38.2 Å². The summed E-state index contributed by atoms with van der Waals surface area (Å²) in [5.41, 5.74) is 3.68. The fourth-order valence-corrected chi connectivity index (χ4v) is 3.94. The first-order chi connectivity index (χ1) is 12.5. The van der Waals surface area contributed by atoms with E-state index in [1.165, 1.54) is 11.3 Å². The average Bonchev–Trinajstić information content (AvgIpc) is 3.19. The van der Waals surface area contributed by atoms with Gasteiger partial charge in [-0.2, -0.15) is 5.10 Å². The number of rotatable bonds is 5. The summed E-state index contributed by atoms with van der Waals surface area (Å²) in [7, 11) is 0. The Morgan fingerprint density at radius 2 is 2.23 bits per heavy atom. The molecule has 0 spiro atoms. The van der Waals surface area contributed by atoms with Crippen LogP contribution in [0.5, 0.6) is 0 Å². The van der Waals surface area contributed by atoms with E-state index in [0.29, 0.717) is 13.0 Å². The number of hydrogen-bond acceptors (Lipinski definition) is 5. The summed E-state index contributed by atoms with van der Waals surface area (Å²) in [5, 5.41) is 11.0. The van der Waals surface area contributed by atoms with Crippen LogP contribution in [0.1, 0.15) is 34.2 Å². The molecule has 3 aromatic rings. The third-order valence-electron chi connectivity index (χ3n) is 4.44. The zero-order chi connectivity index (χ0) is 18.3. The number of carbonyl (C=O) groups is 2. The van der Waals surface area contributed by atoms with Gasteiger partial charge in [-0.25, -0.2) is 9.50 Å². The van der Waals surface area contributed by atoms with Gasteiger partial charge >= 0.3 is 0 Å². The molecule has 26 heavy (non-hydrogen) atoms. The van der Waals surface area contributed by atoms with Gasteiger partial charge in [0.05, 0.1) is 17.8 Å². The van der Waals surface area contributed by atoms with Crippen LogP contribution in [0, 0.1) is 13.8 Å². The third-order valence-corrected chi connectivity index (χ3v) is 5.28. The SMILES string of the molecule is Cc1ccc2c(c1)C(CC(=O)NCCc1cn3nc(C)sc3n1)C(=O)N2. The zero-order valence-corrected chi connectivity index (χ0v) is 15.4. The number of aromatic nitrogens is 3. The Balaban J connectivity index is 1.33. The second-order valence-electron chi connectivity index (χ2n) is 6.52. The van der Waals surface area contributed by atoms with Gasteiger partial charge in [0.15, 0.2) is 0 Å². The number of amides is 2. The highest BCUT2D eigenvalue weighted by Gasteiger charge is 2.32. The minimum atomic E-state index is -0.421. The summed E-state index contributed by atoms with van der Waals surface area (Å²) in [6.45, 7) is 4.40. The number of anilines is 1. The number of hydrogen-bond donors (Lipinski definition) is 2. The molecule has 134 valence electrons. The van der Waals surface area contributed by atoms with Crippen molar-refractivity contribution in [2.75, 3.05) is 11.9 Å². The fourth-order valence-electron chi connectivity index (χ4n) is 3.20. The maximum absolute atomic E-state index is 12.3. The highest BCUT2D eigenvalue weighted by Crippen LogP contribution is 2.35. The Morgan fingerprint density at radius 1 is 1.38 bits per heavy atom. The number of imidazole rings is 1. The van der Waals surface area contributed by atoms with Crippen molar-refractivity contribution in [3.63, 3.8) is 0 Å². The van der Waals surface area contributed by atoms with Crippen LogP contribution in [0.2, 0.25) is 0 Å². The van der Waals surface area contributed by atoms with E-state index in [4.69, 9.17) is 0 Å². The smallest absolute Gasteiger partial charge is 0.232 e. The molecule has 2 N–H and O–H groups in total. The summed E-state index contributed by atoms with van der Waals surface area (Å²) in [5.74, 6) is -0.666. The summed E-state index contributed by atoms with van der Waals surface area (Å²) >= 11 is 1.54. The second-order valence-corrected chi connectivity index (χ2v) is 7.68. The third kappa shape index (κ3) is 3.20. The molecule has 0 fully saturated rings. The molecule has 0 bridgehead atoms. The topological polar surface area (TPSA) is 88.4 Å². The second kappa shape index (κ2) is 6.53. The predicted octanol–water partition coefficient (Wildman–Crippen LogP) is 2.19. The molecule has 1 aliphatic heterocycles. The van der Waals surface area contributed by atoms with E-state index in [0.717, 1.165) is 32.5 Å². The van der Waals surface area contributed by atoms with Crippen molar-refractivity contribution in [2.24, 2.45) is 0 Å². The molecule has 1 aromatic carbocycles. The molecular formula is C18H19N5O2S. The number of benzene rings is 1. The molecule has 1 unspecified atom stereocenters. The van der Waals surface area contributed by atoms with Crippen molar-refractivity contribution in [3.05, 3.63) is 46.2 Å². The van der Waals surface area contributed by atoms with E-state index in [2.05, 4.69) is 20.7 Å². The van der Waals surface area contributed by atoms with E-state index < -0.39 is 5.92 Å². The Bertz CT molecular complexity index is 975. The molecule has 0 aliphatic carbocycles. The van der Waals surface area contributed by atoms with Gasteiger partial charge in [0.2, 0.25) is 16.8 Å². The molecule has 3 heterocycles. The average molecular weight is 369 g/mol. The normalized spacial score (nSPS) is 15.9. The van der Waals surface area contributed by atoms with Crippen molar-refractivity contribution in [3.8, 4) is 0 Å². The number of fused-ring (bicyclic) bond motifs is 2. The Morgan fingerprint density at radius 3 is 3.04 bits per heavy atom. The maximum atomic E-state index is 12.3. The number of carbonyl (C=O) groups excluding carboxylic acids is 2. The Kier molecular flexibility index (Phi) is 4.20. The predicted molar refractivity (Wildman–Crippen MR) is 99.5 cm³/mol. The van der Waals surface area contributed by atoms with Crippen LogP contribution in [0.25, 0.3) is 4.96 Å². The van der Waals surface area contributed by atoms with E-state index in [9.17, 15) is 9.59 Å². The molecule has 1 aliphatic rings. The Hall–Kier alpha value is -2.74. The van der Waals surface area contributed by atoms with Gasteiger partial charge in [0.1, 0.15) is 5.01 Å². The quantitative estimate of drug-likeness (QED) is 0.722. The van der Waals surface area contributed by atoms with Crippen LogP contribution in [-0.2, 0) is 16.0 Å². The van der Waals surface area contributed by atoms with Crippen LogP contribution >= 0.6 is 11.3 Å². The van der Waals surface area contributed by atoms with Crippen LogP contribution in [0.3, 0.4) is 0 Å². The monoisotopic (exact) mass is 369 g/mol. The van der Waals surface area contributed by atoms with Crippen molar-refractivity contribution in [1.29, 1.82) is 0 Å². The molecule has 0 radical (unpaired) electrons. The molecule has 2 aromatic heterocycles. The summed E-state index contributed by atoms with van der Waals surface area (Å²) < 4.78 is 1.76. The van der Waals surface area contributed by atoms with Gasteiger partial charge in [-0.05, 0) is 25.5 Å². The summed E-state index contributed by atoms with van der Waals surface area (Å²) in [6.07, 6.45) is 2.67. The molecule has 2 amide bonds. The van der Waals surface area contributed by atoms with Gasteiger partial charge in [0, 0.05) is 25.1 Å². The van der Waals surface area contributed by atoms with Crippen LogP contribution in [-0.4, -0.2) is 33.0 Å². The van der Waals surface area contributed by atoms with Crippen LogP contribution < -0.4 is 10.6 Å². The standard InChI is InChI=1S/C18H19N5O2S/c1-10-3-4-15-13(7-10)14(17(25)21-15)8-16(24)19-6-5-12-9-23-18(20-12)26-11(2)22-23/h3-4,7,9,14H,5-6,8H2,1-2H3,(H,19,24)(H,21,25). The molecule has 0 saturated carbocycles. The molecule has 8 heteroatoms. The van der Waals surface area contributed by atoms with E-state index >= 15 is 0 Å². The summed E-state index contributed by atoms with van der Waals surface area (Å²) in [4.78, 5) is 29.8. The van der Waals surface area contributed by atoms with Gasteiger partial charge in [-0.15, -0.1) is 0 Å². The lowest BCUT2D eigenvalue weighted by Gasteiger charge is -2.09. The van der Waals surface area contributed by atoms with Crippen molar-refractivity contribution in [2.45, 2.75) is 32.6 Å². The largest absolute Gasteiger partial charge is 0.356 e. The first-order valence-corrected chi connectivity index (χ1v) is 9.31. The molecule has 4 rings (SSSR count). The lowest BCUT2D eigenvalue weighted by molar-refractivity contribution is -0.125. The van der Waals surface area contributed by atoms with Crippen molar-refractivity contribution in [1.82, 2.24) is 19.9 Å². The Labute approximate surface area is 154 Å². The van der Waals surface area contributed by atoms with Gasteiger partial charge in [-0.3, -0.25) is 9.59 Å². The van der Waals surface area contributed by atoms with Gasteiger partial charge in [-0.1, -0.05) is 29.0 Å². The fraction of sp³-hybridized carbons (Fsp3) is 0.333. The highest BCUT2D eigenvalue weighted by molar-refractivity contribution is 7.16. The maximum Gasteiger partial charge on any atom is 0.232 e. The molecular weight excluding hydrogens is 350 g/mol. The van der Waals surface area contributed by atoms with Crippen LogP contribution in [0.4, 0.5) is 5.69 Å². The van der Waals surface area contributed by atoms with Crippen molar-refractivity contribution < 1.29 is 9.59 Å². The van der Waals surface area contributed by atoms with Gasteiger partial charge in [0.25, 0.3) is 0 Å². The lowest BCUT2D eigenvalue weighted by Crippen LogP contribution is -2.28. The minimum absolute atomic E-state index is 0.114.